The van der Waals surface area contributed by atoms with Gasteiger partial charge in [0, 0.05) is 12.2 Å². The molecule has 0 atom stereocenters. The SMILES string of the molecule is CCN(C(=O)COC(=O)c1c(C)nn(Cc2ccc(C)cc2)c1C)c1ccccc1. The minimum atomic E-state index is -0.530. The number of carbonyl (C=O) groups excluding carboxylic acids is 2. The molecule has 3 aromatic rings. The van der Waals surface area contributed by atoms with Gasteiger partial charge in [0.25, 0.3) is 5.91 Å². The maximum Gasteiger partial charge on any atom is 0.342 e. The van der Waals surface area contributed by atoms with Crippen molar-refractivity contribution in [2.24, 2.45) is 0 Å². The average molecular weight is 405 g/mol. The Balaban J connectivity index is 1.68. The third kappa shape index (κ3) is 4.76. The number of nitrogens with zero attached hydrogens (tertiary/aromatic N) is 3. The number of benzene rings is 2. The molecule has 0 aliphatic rings. The maximum absolute atomic E-state index is 12.7. The first-order valence-electron chi connectivity index (χ1n) is 10.0. The molecule has 0 fully saturated rings. The van der Waals surface area contributed by atoms with Crippen LogP contribution in [0, 0.1) is 20.8 Å². The number of esters is 1. The summed E-state index contributed by atoms with van der Waals surface area (Å²) >= 11 is 0. The summed E-state index contributed by atoms with van der Waals surface area (Å²) < 4.78 is 7.14. The van der Waals surface area contributed by atoms with Crippen molar-refractivity contribution < 1.29 is 14.3 Å². The summed E-state index contributed by atoms with van der Waals surface area (Å²) in [5.41, 5.74) is 4.80. The predicted octanol–water partition coefficient (Wildman–Crippen LogP) is 4.07. The van der Waals surface area contributed by atoms with Crippen LogP contribution in [-0.4, -0.2) is 34.8 Å². The van der Waals surface area contributed by atoms with Crippen molar-refractivity contribution in [1.29, 1.82) is 0 Å². The number of aromatic nitrogens is 2. The fraction of sp³-hybridized carbons (Fsp3) is 0.292. The molecule has 1 amide bonds. The maximum atomic E-state index is 12.7. The molecule has 0 aliphatic carbocycles. The first kappa shape index (κ1) is 21.3. The molecular weight excluding hydrogens is 378 g/mol. The standard InChI is InChI=1S/C24H27N3O3/c1-5-26(21-9-7-6-8-10-21)22(28)16-30-24(29)23-18(3)25-27(19(23)4)15-20-13-11-17(2)12-14-20/h6-14H,5,15-16H2,1-4H3. The summed E-state index contributed by atoms with van der Waals surface area (Å²) in [4.78, 5) is 26.9. The van der Waals surface area contributed by atoms with Crippen LogP contribution in [-0.2, 0) is 16.1 Å². The lowest BCUT2D eigenvalue weighted by molar-refractivity contribution is -0.121. The Labute approximate surface area is 177 Å². The smallest absolute Gasteiger partial charge is 0.342 e. The minimum Gasteiger partial charge on any atom is -0.452 e. The third-order valence-corrected chi connectivity index (χ3v) is 5.05. The van der Waals surface area contributed by atoms with Crippen LogP contribution in [0.2, 0.25) is 0 Å². The molecule has 1 aromatic heterocycles. The Morgan fingerprint density at radius 3 is 2.30 bits per heavy atom. The second-order valence-electron chi connectivity index (χ2n) is 7.24. The van der Waals surface area contributed by atoms with Gasteiger partial charge in [-0.25, -0.2) is 4.79 Å². The van der Waals surface area contributed by atoms with Crippen molar-refractivity contribution in [1.82, 2.24) is 9.78 Å². The van der Waals surface area contributed by atoms with Crippen LogP contribution in [0.25, 0.3) is 0 Å². The number of amides is 1. The highest BCUT2D eigenvalue weighted by Gasteiger charge is 2.22. The summed E-state index contributed by atoms with van der Waals surface area (Å²) in [7, 11) is 0. The molecule has 6 heteroatoms. The third-order valence-electron chi connectivity index (χ3n) is 5.05. The quantitative estimate of drug-likeness (QED) is 0.556. The van der Waals surface area contributed by atoms with Crippen LogP contribution in [0.1, 0.15) is 39.8 Å². The van der Waals surface area contributed by atoms with E-state index in [2.05, 4.69) is 5.10 Å². The minimum absolute atomic E-state index is 0.264. The van der Waals surface area contributed by atoms with Crippen LogP contribution in [0.15, 0.2) is 54.6 Å². The number of rotatable bonds is 7. The van der Waals surface area contributed by atoms with Gasteiger partial charge in [0.1, 0.15) is 5.56 Å². The van der Waals surface area contributed by atoms with Crippen LogP contribution in [0.3, 0.4) is 0 Å². The lowest BCUT2D eigenvalue weighted by Gasteiger charge is -2.20. The van der Waals surface area contributed by atoms with E-state index in [1.165, 1.54) is 5.56 Å². The van der Waals surface area contributed by atoms with E-state index in [9.17, 15) is 9.59 Å². The molecule has 0 unspecified atom stereocenters. The van der Waals surface area contributed by atoms with Gasteiger partial charge in [-0.05, 0) is 45.4 Å². The van der Waals surface area contributed by atoms with E-state index < -0.39 is 5.97 Å². The van der Waals surface area contributed by atoms with Crippen molar-refractivity contribution in [2.45, 2.75) is 34.2 Å². The van der Waals surface area contributed by atoms with Crippen molar-refractivity contribution in [3.8, 4) is 0 Å². The van der Waals surface area contributed by atoms with Crippen molar-refractivity contribution in [3.63, 3.8) is 0 Å². The number of ether oxygens (including phenoxy) is 1. The zero-order chi connectivity index (χ0) is 21.7. The highest BCUT2D eigenvalue weighted by atomic mass is 16.5. The fourth-order valence-electron chi connectivity index (χ4n) is 3.40. The Morgan fingerprint density at radius 1 is 1.00 bits per heavy atom. The number of aryl methyl sites for hydroxylation is 2. The van der Waals surface area contributed by atoms with Crippen molar-refractivity contribution in [2.75, 3.05) is 18.1 Å². The number of anilines is 1. The molecule has 0 bridgehead atoms. The highest BCUT2D eigenvalue weighted by Crippen LogP contribution is 2.17. The molecule has 0 N–H and O–H groups in total. The van der Waals surface area contributed by atoms with Crippen LogP contribution >= 0.6 is 0 Å². The zero-order valence-corrected chi connectivity index (χ0v) is 17.9. The van der Waals surface area contributed by atoms with Gasteiger partial charge in [-0.15, -0.1) is 0 Å². The molecule has 0 radical (unpaired) electrons. The second-order valence-corrected chi connectivity index (χ2v) is 7.24. The number of likely N-dealkylation sites (N-methyl/N-ethyl adjacent to an activating group) is 1. The fourth-order valence-corrected chi connectivity index (χ4v) is 3.40. The average Bonchev–Trinajstić information content (AvgIpc) is 3.02. The molecular formula is C24H27N3O3. The largest absolute Gasteiger partial charge is 0.452 e. The van der Waals surface area contributed by atoms with E-state index in [1.807, 2.05) is 75.4 Å². The van der Waals surface area contributed by atoms with E-state index in [0.29, 0.717) is 24.3 Å². The summed E-state index contributed by atoms with van der Waals surface area (Å²) in [6.45, 7) is 8.29. The molecule has 0 aliphatic heterocycles. The molecule has 0 saturated carbocycles. The molecule has 2 aromatic carbocycles. The monoisotopic (exact) mass is 405 g/mol. The lowest BCUT2D eigenvalue weighted by Crippen LogP contribution is -2.34. The Morgan fingerprint density at radius 2 is 1.67 bits per heavy atom. The summed E-state index contributed by atoms with van der Waals surface area (Å²) in [6, 6.07) is 17.5. The predicted molar refractivity (Wildman–Crippen MR) is 117 cm³/mol. The van der Waals surface area contributed by atoms with Crippen LogP contribution < -0.4 is 4.90 Å². The lowest BCUT2D eigenvalue weighted by atomic mass is 10.1. The normalized spacial score (nSPS) is 10.7. The van der Waals surface area contributed by atoms with Gasteiger partial charge in [-0.3, -0.25) is 9.48 Å². The van der Waals surface area contributed by atoms with Gasteiger partial charge in [-0.1, -0.05) is 48.0 Å². The molecule has 0 saturated heterocycles. The van der Waals surface area contributed by atoms with Crippen molar-refractivity contribution in [3.05, 3.63) is 82.7 Å². The molecule has 3 rings (SSSR count). The van der Waals surface area contributed by atoms with E-state index in [-0.39, 0.29) is 12.5 Å². The van der Waals surface area contributed by atoms with Crippen molar-refractivity contribution >= 4 is 17.6 Å². The Bertz CT molecular complexity index is 1020. The summed E-state index contributed by atoms with van der Waals surface area (Å²) in [5.74, 6) is -0.794. The Hall–Kier alpha value is -3.41. The van der Waals surface area contributed by atoms with E-state index >= 15 is 0 Å². The second kappa shape index (κ2) is 9.39. The first-order valence-corrected chi connectivity index (χ1v) is 10.0. The first-order chi connectivity index (χ1) is 14.4. The van der Waals surface area contributed by atoms with Gasteiger partial charge in [-0.2, -0.15) is 5.10 Å². The van der Waals surface area contributed by atoms with Crippen LogP contribution in [0.4, 0.5) is 5.69 Å². The van der Waals surface area contributed by atoms with Gasteiger partial charge in [0.2, 0.25) is 0 Å². The number of hydrogen-bond donors (Lipinski definition) is 0. The molecule has 6 nitrogen and oxygen atoms in total. The molecule has 0 spiro atoms. The van der Waals surface area contributed by atoms with Crippen LogP contribution in [0.5, 0.6) is 0 Å². The number of carbonyl (C=O) groups is 2. The molecule has 1 heterocycles. The summed E-state index contributed by atoms with van der Waals surface area (Å²) in [6.07, 6.45) is 0. The van der Waals surface area contributed by atoms with Gasteiger partial charge >= 0.3 is 5.97 Å². The van der Waals surface area contributed by atoms with Gasteiger partial charge in [0.15, 0.2) is 6.61 Å². The zero-order valence-electron chi connectivity index (χ0n) is 17.9. The molecule has 30 heavy (non-hydrogen) atoms. The van der Waals surface area contributed by atoms with E-state index in [0.717, 1.165) is 16.9 Å². The number of hydrogen-bond acceptors (Lipinski definition) is 4. The topological polar surface area (TPSA) is 64.4 Å². The number of para-hydroxylation sites is 1. The summed E-state index contributed by atoms with van der Waals surface area (Å²) in [5, 5.41) is 4.50. The highest BCUT2D eigenvalue weighted by molar-refractivity contribution is 5.97. The van der Waals surface area contributed by atoms with E-state index in [4.69, 9.17) is 4.74 Å². The van der Waals surface area contributed by atoms with Gasteiger partial charge < -0.3 is 9.64 Å². The van der Waals surface area contributed by atoms with E-state index in [1.54, 1.807) is 16.5 Å². The molecule has 156 valence electrons. The van der Waals surface area contributed by atoms with Gasteiger partial charge in [0.05, 0.1) is 17.9 Å². The Kier molecular flexibility index (Phi) is 6.67.